The van der Waals surface area contributed by atoms with Gasteiger partial charge in [0, 0.05) is 26.3 Å². The summed E-state index contributed by atoms with van der Waals surface area (Å²) in [5.74, 6) is -0.253. The van der Waals surface area contributed by atoms with Crippen molar-refractivity contribution in [1.29, 1.82) is 0 Å². The van der Waals surface area contributed by atoms with Crippen LogP contribution in [0.2, 0.25) is 0 Å². The van der Waals surface area contributed by atoms with Gasteiger partial charge >= 0.3 is 0 Å². The summed E-state index contributed by atoms with van der Waals surface area (Å²) >= 11 is 0. The summed E-state index contributed by atoms with van der Waals surface area (Å²) in [6, 6.07) is 7.64. The van der Waals surface area contributed by atoms with E-state index in [1.54, 1.807) is 0 Å². The van der Waals surface area contributed by atoms with E-state index >= 15 is 0 Å². The van der Waals surface area contributed by atoms with Gasteiger partial charge in [-0.15, -0.1) is 15.0 Å². The summed E-state index contributed by atoms with van der Waals surface area (Å²) < 4.78 is 0. The Labute approximate surface area is 111 Å². The molecule has 1 aromatic heterocycles. The summed E-state index contributed by atoms with van der Waals surface area (Å²) in [5, 5.41) is 14.3. The molecule has 7 nitrogen and oxygen atoms in total. The van der Waals surface area contributed by atoms with Crippen molar-refractivity contribution in [2.24, 2.45) is 0 Å². The first-order valence-electron chi connectivity index (χ1n) is 5.98. The first-order valence-corrected chi connectivity index (χ1v) is 5.98. The first-order chi connectivity index (χ1) is 9.11. The third-order valence-electron chi connectivity index (χ3n) is 2.55. The Hall–Kier alpha value is -2.44. The zero-order chi connectivity index (χ0) is 13.8. The van der Waals surface area contributed by atoms with Gasteiger partial charge in [-0.25, -0.2) is 0 Å². The Kier molecular flexibility index (Phi) is 3.74. The summed E-state index contributed by atoms with van der Waals surface area (Å²) in [4.78, 5) is 14.9. The third-order valence-corrected chi connectivity index (χ3v) is 2.55. The fourth-order valence-corrected chi connectivity index (χ4v) is 1.54. The highest BCUT2D eigenvalue weighted by Crippen LogP contribution is 2.13. The van der Waals surface area contributed by atoms with Gasteiger partial charge in [0.15, 0.2) is 0 Å². The molecule has 2 rings (SSSR count). The van der Waals surface area contributed by atoms with Crippen molar-refractivity contribution in [1.82, 2.24) is 25.5 Å². The number of rotatable bonds is 4. The minimum atomic E-state index is -0.321. The minimum Gasteiger partial charge on any atom is -0.378 e. The number of amides is 1. The molecule has 0 aliphatic carbocycles. The highest BCUT2D eigenvalue weighted by Gasteiger charge is 2.12. The minimum absolute atomic E-state index is 0.0681. The molecule has 0 unspecified atom stereocenters. The second kappa shape index (κ2) is 5.47. The van der Waals surface area contributed by atoms with Crippen molar-refractivity contribution in [3.63, 3.8) is 0 Å². The van der Waals surface area contributed by atoms with E-state index in [2.05, 4.69) is 20.7 Å². The van der Waals surface area contributed by atoms with Gasteiger partial charge in [-0.1, -0.05) is 0 Å². The van der Waals surface area contributed by atoms with Crippen LogP contribution in [0.5, 0.6) is 0 Å². The van der Waals surface area contributed by atoms with Gasteiger partial charge in [-0.2, -0.15) is 0 Å². The van der Waals surface area contributed by atoms with Gasteiger partial charge < -0.3 is 10.2 Å². The highest BCUT2D eigenvalue weighted by atomic mass is 16.2. The standard InChI is InChI=1S/C12H16N6O/c1-4-13-12(19)11-14-16-18(15-11)10-7-5-9(6-8-10)17(2)3/h5-8H,4H2,1-3H3,(H,13,19). The Morgan fingerprint density at radius 3 is 2.58 bits per heavy atom. The quantitative estimate of drug-likeness (QED) is 0.865. The molecule has 0 aliphatic heterocycles. The molecule has 1 aromatic carbocycles. The van der Waals surface area contributed by atoms with Gasteiger partial charge in [0.2, 0.25) is 0 Å². The van der Waals surface area contributed by atoms with E-state index in [0.717, 1.165) is 11.4 Å². The van der Waals surface area contributed by atoms with Crippen LogP contribution in [0.4, 0.5) is 5.69 Å². The molecule has 0 fully saturated rings. The number of anilines is 1. The maximum Gasteiger partial charge on any atom is 0.292 e. The summed E-state index contributed by atoms with van der Waals surface area (Å²) in [7, 11) is 3.94. The number of hydrogen-bond donors (Lipinski definition) is 1. The van der Waals surface area contributed by atoms with Gasteiger partial charge in [-0.3, -0.25) is 4.79 Å². The lowest BCUT2D eigenvalue weighted by Gasteiger charge is -2.11. The zero-order valence-corrected chi connectivity index (χ0v) is 11.2. The van der Waals surface area contributed by atoms with E-state index in [1.165, 1.54) is 4.80 Å². The maximum absolute atomic E-state index is 11.5. The lowest BCUT2D eigenvalue weighted by Crippen LogP contribution is -2.24. The van der Waals surface area contributed by atoms with Gasteiger partial charge in [-0.05, 0) is 36.4 Å². The molecule has 0 saturated heterocycles. The second-order valence-corrected chi connectivity index (χ2v) is 4.17. The van der Waals surface area contributed by atoms with E-state index in [0.29, 0.717) is 6.54 Å². The van der Waals surface area contributed by atoms with E-state index in [4.69, 9.17) is 0 Å². The van der Waals surface area contributed by atoms with Gasteiger partial charge in [0.1, 0.15) is 0 Å². The number of tetrazole rings is 1. The lowest BCUT2D eigenvalue weighted by molar-refractivity contribution is 0.0945. The average Bonchev–Trinajstić information content (AvgIpc) is 2.89. The zero-order valence-electron chi connectivity index (χ0n) is 11.2. The van der Waals surface area contributed by atoms with Crippen LogP contribution in [0.3, 0.4) is 0 Å². The number of carbonyl (C=O) groups is 1. The highest BCUT2D eigenvalue weighted by molar-refractivity contribution is 5.90. The first kappa shape index (κ1) is 13.0. The number of nitrogens with zero attached hydrogens (tertiary/aromatic N) is 5. The van der Waals surface area contributed by atoms with E-state index in [1.807, 2.05) is 50.2 Å². The summed E-state index contributed by atoms with van der Waals surface area (Å²) in [5.41, 5.74) is 1.83. The van der Waals surface area contributed by atoms with Crippen molar-refractivity contribution >= 4 is 11.6 Å². The molecule has 0 atom stereocenters. The number of carbonyl (C=O) groups excluding carboxylic acids is 1. The molecule has 0 aliphatic rings. The Morgan fingerprint density at radius 2 is 2.00 bits per heavy atom. The smallest absolute Gasteiger partial charge is 0.292 e. The number of hydrogen-bond acceptors (Lipinski definition) is 5. The second-order valence-electron chi connectivity index (χ2n) is 4.17. The van der Waals surface area contributed by atoms with Crippen molar-refractivity contribution < 1.29 is 4.79 Å². The molecule has 0 saturated carbocycles. The van der Waals surface area contributed by atoms with E-state index in [9.17, 15) is 4.79 Å². The van der Waals surface area contributed by atoms with Crippen LogP contribution in [0.1, 0.15) is 17.5 Å². The van der Waals surface area contributed by atoms with Crippen LogP contribution in [0.15, 0.2) is 24.3 Å². The molecule has 0 radical (unpaired) electrons. The van der Waals surface area contributed by atoms with Crippen molar-refractivity contribution in [3.05, 3.63) is 30.1 Å². The molecular weight excluding hydrogens is 244 g/mol. The Morgan fingerprint density at radius 1 is 1.32 bits per heavy atom. The predicted octanol–water partition coefficient (Wildman–Crippen LogP) is 0.478. The molecular formula is C12H16N6O. The van der Waals surface area contributed by atoms with Crippen LogP contribution in [0, 0.1) is 0 Å². The topological polar surface area (TPSA) is 75.9 Å². The van der Waals surface area contributed by atoms with Gasteiger partial charge in [0.25, 0.3) is 11.7 Å². The number of aromatic nitrogens is 4. The average molecular weight is 260 g/mol. The third kappa shape index (κ3) is 2.87. The fraction of sp³-hybridized carbons (Fsp3) is 0.333. The van der Waals surface area contributed by atoms with Crippen LogP contribution in [-0.2, 0) is 0 Å². The molecule has 2 aromatic rings. The Bertz CT molecular complexity index is 560. The predicted molar refractivity (Wildman–Crippen MR) is 71.5 cm³/mol. The van der Waals surface area contributed by atoms with Crippen LogP contribution >= 0.6 is 0 Å². The Balaban J connectivity index is 2.20. The van der Waals surface area contributed by atoms with Crippen molar-refractivity contribution in [3.8, 4) is 5.69 Å². The number of benzene rings is 1. The normalized spacial score (nSPS) is 10.3. The van der Waals surface area contributed by atoms with Crippen LogP contribution in [0.25, 0.3) is 5.69 Å². The molecule has 100 valence electrons. The molecule has 1 amide bonds. The van der Waals surface area contributed by atoms with E-state index in [-0.39, 0.29) is 11.7 Å². The summed E-state index contributed by atoms with van der Waals surface area (Å²) in [6.45, 7) is 2.37. The molecule has 1 heterocycles. The maximum atomic E-state index is 11.5. The monoisotopic (exact) mass is 260 g/mol. The van der Waals surface area contributed by atoms with Crippen LogP contribution in [-0.4, -0.2) is 46.8 Å². The van der Waals surface area contributed by atoms with Crippen molar-refractivity contribution in [2.45, 2.75) is 6.92 Å². The molecule has 7 heteroatoms. The summed E-state index contributed by atoms with van der Waals surface area (Å²) in [6.07, 6.45) is 0. The fourth-order valence-electron chi connectivity index (χ4n) is 1.54. The molecule has 0 spiro atoms. The van der Waals surface area contributed by atoms with Crippen LogP contribution < -0.4 is 10.2 Å². The lowest BCUT2D eigenvalue weighted by atomic mass is 10.3. The number of nitrogens with one attached hydrogen (secondary N) is 1. The SMILES string of the molecule is CCNC(=O)c1nnn(-c2ccc(N(C)C)cc2)n1. The molecule has 0 bridgehead atoms. The molecule has 19 heavy (non-hydrogen) atoms. The molecule has 1 N–H and O–H groups in total. The van der Waals surface area contributed by atoms with E-state index < -0.39 is 0 Å². The van der Waals surface area contributed by atoms with Crippen molar-refractivity contribution in [2.75, 3.05) is 25.5 Å². The van der Waals surface area contributed by atoms with Gasteiger partial charge in [0.05, 0.1) is 5.69 Å². The largest absolute Gasteiger partial charge is 0.378 e.